The number of methoxy groups -OCH3 is 1. The van der Waals surface area contributed by atoms with E-state index in [1.807, 2.05) is 23.5 Å². The van der Waals surface area contributed by atoms with Gasteiger partial charge in [0.1, 0.15) is 17.9 Å². The van der Waals surface area contributed by atoms with E-state index in [4.69, 9.17) is 14.2 Å². The number of nitrogens with one attached hydrogen (secondary N) is 1. The molecule has 0 bridgehead atoms. The molecule has 2 aliphatic heterocycles. The van der Waals surface area contributed by atoms with Crippen LogP contribution in [0.5, 0.6) is 17.4 Å². The number of hydrogen-bond donors (Lipinski definition) is 1. The fourth-order valence-electron chi connectivity index (χ4n) is 4.51. The van der Waals surface area contributed by atoms with Crippen molar-refractivity contribution in [2.24, 2.45) is 0 Å². The Morgan fingerprint density at radius 2 is 2.00 bits per heavy atom. The third-order valence-electron chi connectivity index (χ3n) is 6.10. The van der Waals surface area contributed by atoms with Gasteiger partial charge in [0, 0.05) is 41.1 Å². The predicted octanol–water partition coefficient (Wildman–Crippen LogP) is 3.73. The van der Waals surface area contributed by atoms with Gasteiger partial charge in [-0.2, -0.15) is 0 Å². The molecule has 9 heteroatoms. The topological polar surface area (TPSA) is 82.8 Å². The number of anilines is 1. The highest BCUT2D eigenvalue weighted by atomic mass is 19.1. The van der Waals surface area contributed by atoms with Gasteiger partial charge >= 0.3 is 0 Å². The molecule has 0 unspecified atom stereocenters. The molecule has 0 fully saturated rings. The number of nitrogens with zero attached hydrogens (tertiary/aromatic N) is 4. The van der Waals surface area contributed by atoms with Crippen molar-refractivity contribution in [1.29, 1.82) is 0 Å². The smallest absolute Gasteiger partial charge is 0.213 e. The second-order valence-electron chi connectivity index (χ2n) is 7.95. The van der Waals surface area contributed by atoms with Crippen LogP contribution in [0.3, 0.4) is 0 Å². The van der Waals surface area contributed by atoms with Gasteiger partial charge in [-0.3, -0.25) is 4.40 Å². The van der Waals surface area contributed by atoms with Crippen LogP contribution in [-0.2, 0) is 6.54 Å². The van der Waals surface area contributed by atoms with Crippen molar-refractivity contribution in [2.75, 3.05) is 25.6 Å². The second kappa shape index (κ2) is 7.08. The summed E-state index contributed by atoms with van der Waals surface area (Å²) in [4.78, 5) is 4.36. The number of aromatic nitrogens is 4. The first kappa shape index (κ1) is 18.9. The van der Waals surface area contributed by atoms with Crippen LogP contribution in [-0.4, -0.2) is 39.9 Å². The summed E-state index contributed by atoms with van der Waals surface area (Å²) in [5.41, 5.74) is 4.84. The van der Waals surface area contributed by atoms with E-state index in [-0.39, 0.29) is 11.7 Å². The molecule has 0 aliphatic carbocycles. The van der Waals surface area contributed by atoms with Crippen LogP contribution in [0, 0.1) is 12.7 Å². The monoisotopic (exact) mass is 433 g/mol. The maximum atomic E-state index is 14.7. The Kier molecular flexibility index (Phi) is 4.17. The summed E-state index contributed by atoms with van der Waals surface area (Å²) in [5, 5.41) is 11.8. The number of benzene rings is 1. The highest BCUT2D eigenvalue weighted by molar-refractivity contribution is 5.83. The maximum absolute atomic E-state index is 14.7. The molecule has 1 atom stereocenters. The molecule has 6 rings (SSSR count). The summed E-state index contributed by atoms with van der Waals surface area (Å²) in [6, 6.07) is 6.95. The van der Waals surface area contributed by atoms with Gasteiger partial charge in [-0.05, 0) is 30.7 Å². The summed E-state index contributed by atoms with van der Waals surface area (Å²) in [6.07, 6.45) is 3.38. The number of aryl methyl sites for hydroxylation is 1. The lowest BCUT2D eigenvalue weighted by molar-refractivity contribution is 0.249. The summed E-state index contributed by atoms with van der Waals surface area (Å²) in [7, 11) is 1.59. The van der Waals surface area contributed by atoms with E-state index in [1.165, 1.54) is 6.07 Å². The fraction of sp³-hybridized carbons (Fsp3) is 0.261. The lowest BCUT2D eigenvalue weighted by Gasteiger charge is -2.17. The van der Waals surface area contributed by atoms with Gasteiger partial charge in [-0.1, -0.05) is 0 Å². The van der Waals surface area contributed by atoms with Crippen LogP contribution in [0.4, 0.5) is 10.2 Å². The highest BCUT2D eigenvalue weighted by Gasteiger charge is 2.31. The molecule has 4 aromatic rings. The number of ether oxygens (including phenoxy) is 3. The summed E-state index contributed by atoms with van der Waals surface area (Å²) in [6.45, 7) is 3.11. The minimum absolute atomic E-state index is 0.0482. The molecule has 1 N–H and O–H groups in total. The van der Waals surface area contributed by atoms with Crippen molar-refractivity contribution in [2.45, 2.75) is 19.4 Å². The van der Waals surface area contributed by atoms with Gasteiger partial charge in [0.15, 0.2) is 17.2 Å². The van der Waals surface area contributed by atoms with E-state index in [2.05, 4.69) is 20.5 Å². The lowest BCUT2D eigenvalue weighted by Crippen LogP contribution is -2.13. The van der Waals surface area contributed by atoms with Gasteiger partial charge in [0.2, 0.25) is 5.88 Å². The molecular weight excluding hydrogens is 413 g/mol. The third kappa shape index (κ3) is 2.77. The predicted molar refractivity (Wildman–Crippen MR) is 115 cm³/mol. The van der Waals surface area contributed by atoms with E-state index < -0.39 is 0 Å². The minimum atomic E-state index is -0.258. The average Bonchev–Trinajstić information content (AvgIpc) is 3.45. The second-order valence-corrected chi connectivity index (χ2v) is 7.95. The lowest BCUT2D eigenvalue weighted by atomic mass is 9.96. The van der Waals surface area contributed by atoms with Crippen LogP contribution in [0.15, 0.2) is 36.8 Å². The zero-order valence-corrected chi connectivity index (χ0v) is 17.6. The van der Waals surface area contributed by atoms with Crippen molar-refractivity contribution < 1.29 is 18.6 Å². The molecule has 0 radical (unpaired) electrons. The Morgan fingerprint density at radius 1 is 1.16 bits per heavy atom. The van der Waals surface area contributed by atoms with Gasteiger partial charge in [0.05, 0.1) is 26.2 Å². The van der Waals surface area contributed by atoms with E-state index in [9.17, 15) is 4.39 Å². The number of fused-ring (bicyclic) bond motifs is 3. The standard InChI is InChI=1S/C23H20FN5O3/c1-12-5-20(30-2)25-7-15(12)14-6-19-23(29-11-27-28-22(14)29)26-8-16-17(24)3-4-18-21(16)13(9-31-18)10-32-19/h3-7,11,13,26H,8-10H2,1-2H3/t13-/m1/s1. The zero-order chi connectivity index (χ0) is 21.8. The number of pyridine rings is 2. The van der Waals surface area contributed by atoms with Crippen molar-refractivity contribution in [3.8, 4) is 28.5 Å². The van der Waals surface area contributed by atoms with Gasteiger partial charge in [-0.15, -0.1) is 10.2 Å². The van der Waals surface area contributed by atoms with Gasteiger partial charge < -0.3 is 19.5 Å². The van der Waals surface area contributed by atoms with E-state index >= 15 is 0 Å². The largest absolute Gasteiger partial charge is 0.493 e. The summed E-state index contributed by atoms with van der Waals surface area (Å²) < 4.78 is 33.9. The number of rotatable bonds is 2. The van der Waals surface area contributed by atoms with Crippen LogP contribution in [0.1, 0.15) is 22.6 Å². The Labute approximate surface area is 183 Å². The SMILES string of the molecule is COc1cc(C)c(-c2cc3c(n4cnnc24)NCc2c(F)ccc4c2[C@H](CO4)CO3)cn1. The molecule has 5 heterocycles. The van der Waals surface area contributed by atoms with Crippen LogP contribution >= 0.6 is 0 Å². The molecule has 1 aromatic carbocycles. The quantitative estimate of drug-likeness (QED) is 0.516. The van der Waals surface area contributed by atoms with Gasteiger partial charge in [-0.25, -0.2) is 9.37 Å². The Morgan fingerprint density at radius 3 is 2.81 bits per heavy atom. The van der Waals surface area contributed by atoms with E-state index in [0.717, 1.165) is 28.0 Å². The van der Waals surface area contributed by atoms with E-state index in [1.54, 1.807) is 25.7 Å². The first-order chi connectivity index (χ1) is 15.6. The third-order valence-corrected chi connectivity index (χ3v) is 6.10. The fourth-order valence-corrected chi connectivity index (χ4v) is 4.51. The summed E-state index contributed by atoms with van der Waals surface area (Å²) in [5.74, 6) is 2.26. The molecule has 2 aliphatic rings. The summed E-state index contributed by atoms with van der Waals surface area (Å²) >= 11 is 0. The van der Waals surface area contributed by atoms with Crippen LogP contribution < -0.4 is 19.5 Å². The molecule has 0 saturated heterocycles. The van der Waals surface area contributed by atoms with Crippen molar-refractivity contribution in [3.63, 3.8) is 0 Å². The number of hydrogen-bond acceptors (Lipinski definition) is 7. The normalized spacial score (nSPS) is 16.7. The number of halogens is 1. The zero-order valence-electron chi connectivity index (χ0n) is 17.6. The van der Waals surface area contributed by atoms with E-state index in [0.29, 0.717) is 48.4 Å². The molecule has 0 saturated carbocycles. The Bertz CT molecular complexity index is 1370. The first-order valence-corrected chi connectivity index (χ1v) is 10.3. The first-order valence-electron chi connectivity index (χ1n) is 10.3. The van der Waals surface area contributed by atoms with Crippen LogP contribution in [0.25, 0.3) is 16.8 Å². The Hall–Kier alpha value is -3.88. The molecule has 0 amide bonds. The van der Waals surface area contributed by atoms with Crippen LogP contribution in [0.2, 0.25) is 0 Å². The van der Waals surface area contributed by atoms with Crippen molar-refractivity contribution in [1.82, 2.24) is 19.6 Å². The van der Waals surface area contributed by atoms with Crippen molar-refractivity contribution >= 4 is 11.5 Å². The maximum Gasteiger partial charge on any atom is 0.213 e. The minimum Gasteiger partial charge on any atom is -0.493 e. The average molecular weight is 433 g/mol. The molecule has 0 spiro atoms. The molecule has 8 nitrogen and oxygen atoms in total. The van der Waals surface area contributed by atoms with Crippen molar-refractivity contribution in [3.05, 3.63) is 59.3 Å². The molecule has 162 valence electrons. The Balaban J connectivity index is 1.51. The highest BCUT2D eigenvalue weighted by Crippen LogP contribution is 2.42. The van der Waals surface area contributed by atoms with Gasteiger partial charge in [0.25, 0.3) is 0 Å². The molecular formula is C23H20FN5O3. The molecule has 32 heavy (non-hydrogen) atoms. The molecule has 3 aromatic heterocycles.